The van der Waals surface area contributed by atoms with E-state index < -0.39 is 17.3 Å². The Morgan fingerprint density at radius 2 is 1.97 bits per heavy atom. The molecular weight excluding hydrogens is 389 g/mol. The standard InChI is InChI=1S/C22H22FN3O4/c1-4-13-8-9-15(14(23)10-13)25-22-20(21(24)29)18(11-19(28)26(22)3)30-17-7-5-6-16(27)12(17)2/h5-11,25,27H,4H2,1-3H3,(H2,24,29). The van der Waals surface area contributed by atoms with Crippen LogP contribution in [0.15, 0.2) is 47.3 Å². The van der Waals surface area contributed by atoms with E-state index in [1.54, 1.807) is 25.1 Å². The number of hydrogen-bond donors (Lipinski definition) is 3. The van der Waals surface area contributed by atoms with Gasteiger partial charge in [0.1, 0.15) is 34.4 Å². The molecule has 156 valence electrons. The summed E-state index contributed by atoms with van der Waals surface area (Å²) in [5, 5.41) is 12.7. The number of benzene rings is 2. The Kier molecular flexibility index (Phi) is 5.77. The van der Waals surface area contributed by atoms with Crippen molar-refractivity contribution in [3.8, 4) is 17.2 Å². The molecule has 0 radical (unpaired) electrons. The largest absolute Gasteiger partial charge is 0.508 e. The summed E-state index contributed by atoms with van der Waals surface area (Å²) in [6.07, 6.45) is 0.662. The number of hydrogen-bond acceptors (Lipinski definition) is 5. The molecule has 30 heavy (non-hydrogen) atoms. The van der Waals surface area contributed by atoms with Crippen molar-refractivity contribution in [3.63, 3.8) is 0 Å². The number of phenolic OH excluding ortho intramolecular Hbond substituents is 1. The Hall–Kier alpha value is -3.81. The van der Waals surface area contributed by atoms with E-state index in [-0.39, 0.29) is 34.3 Å². The predicted octanol–water partition coefficient (Wildman–Crippen LogP) is 3.74. The van der Waals surface area contributed by atoms with E-state index in [0.717, 1.165) is 16.2 Å². The lowest BCUT2D eigenvalue weighted by atomic mass is 10.1. The summed E-state index contributed by atoms with van der Waals surface area (Å²) >= 11 is 0. The molecule has 0 aliphatic heterocycles. The number of aryl methyl sites for hydroxylation is 1. The number of carbonyl (C=O) groups excluding carboxylic acids is 1. The van der Waals surface area contributed by atoms with E-state index in [1.165, 1.54) is 25.2 Å². The molecule has 0 saturated heterocycles. The smallest absolute Gasteiger partial charge is 0.256 e. The Morgan fingerprint density at radius 1 is 1.23 bits per heavy atom. The van der Waals surface area contributed by atoms with Crippen molar-refractivity contribution in [2.24, 2.45) is 12.8 Å². The highest BCUT2D eigenvalue weighted by atomic mass is 19.1. The minimum atomic E-state index is -0.869. The van der Waals surface area contributed by atoms with Crippen molar-refractivity contribution in [2.75, 3.05) is 5.32 Å². The number of nitrogens with zero attached hydrogens (tertiary/aromatic N) is 1. The van der Waals surface area contributed by atoms with Crippen LogP contribution in [0.1, 0.15) is 28.4 Å². The van der Waals surface area contributed by atoms with Gasteiger partial charge in [-0.1, -0.05) is 19.1 Å². The molecule has 2 aromatic carbocycles. The second-order valence-corrected chi connectivity index (χ2v) is 6.79. The average molecular weight is 411 g/mol. The molecule has 8 heteroatoms. The van der Waals surface area contributed by atoms with Crippen LogP contribution in [0.25, 0.3) is 0 Å². The SMILES string of the molecule is CCc1ccc(Nc2c(C(N)=O)c(Oc3cccc(O)c3C)cc(=O)n2C)c(F)c1. The van der Waals surface area contributed by atoms with Crippen molar-refractivity contribution in [2.45, 2.75) is 20.3 Å². The molecule has 4 N–H and O–H groups in total. The number of aromatic hydroxyl groups is 1. The molecule has 7 nitrogen and oxygen atoms in total. The Balaban J connectivity index is 2.14. The molecular formula is C22H22FN3O4. The molecule has 0 unspecified atom stereocenters. The minimum Gasteiger partial charge on any atom is -0.508 e. The quantitative estimate of drug-likeness (QED) is 0.573. The number of rotatable bonds is 6. The highest BCUT2D eigenvalue weighted by molar-refractivity contribution is 6.01. The van der Waals surface area contributed by atoms with Gasteiger partial charge in [-0.25, -0.2) is 4.39 Å². The van der Waals surface area contributed by atoms with Gasteiger partial charge in [0.05, 0.1) is 5.69 Å². The summed E-state index contributed by atoms with van der Waals surface area (Å²) in [6.45, 7) is 3.53. The zero-order valence-corrected chi connectivity index (χ0v) is 16.8. The number of halogens is 1. The third kappa shape index (κ3) is 3.98. The van der Waals surface area contributed by atoms with Gasteiger partial charge in [0.15, 0.2) is 0 Å². The maximum absolute atomic E-state index is 14.5. The molecule has 1 heterocycles. The first-order chi connectivity index (χ1) is 14.2. The third-order valence-electron chi connectivity index (χ3n) is 4.82. The fraction of sp³-hybridized carbons (Fsp3) is 0.182. The van der Waals surface area contributed by atoms with Gasteiger partial charge < -0.3 is 20.9 Å². The lowest BCUT2D eigenvalue weighted by molar-refractivity contribution is 0.0998. The van der Waals surface area contributed by atoms with Gasteiger partial charge in [-0.2, -0.15) is 0 Å². The van der Waals surface area contributed by atoms with Gasteiger partial charge in [0.25, 0.3) is 11.5 Å². The van der Waals surface area contributed by atoms with Crippen LogP contribution in [-0.2, 0) is 13.5 Å². The highest BCUT2D eigenvalue weighted by Crippen LogP contribution is 2.34. The normalized spacial score (nSPS) is 10.7. The van der Waals surface area contributed by atoms with Crippen LogP contribution >= 0.6 is 0 Å². The van der Waals surface area contributed by atoms with Crippen molar-refractivity contribution in [1.29, 1.82) is 0 Å². The zero-order chi connectivity index (χ0) is 22.0. The van der Waals surface area contributed by atoms with Gasteiger partial charge in [-0.3, -0.25) is 14.2 Å². The summed E-state index contributed by atoms with van der Waals surface area (Å²) in [7, 11) is 1.43. The molecule has 3 rings (SSSR count). The third-order valence-corrected chi connectivity index (χ3v) is 4.82. The average Bonchev–Trinajstić information content (AvgIpc) is 2.70. The van der Waals surface area contributed by atoms with Gasteiger partial charge in [0.2, 0.25) is 0 Å². The van der Waals surface area contributed by atoms with E-state index in [0.29, 0.717) is 12.0 Å². The fourth-order valence-corrected chi connectivity index (χ4v) is 2.98. The molecule has 0 bridgehead atoms. The molecule has 0 aliphatic rings. The van der Waals surface area contributed by atoms with Gasteiger partial charge in [-0.15, -0.1) is 0 Å². The molecule has 1 amide bonds. The van der Waals surface area contributed by atoms with Gasteiger partial charge >= 0.3 is 0 Å². The Bertz CT molecular complexity index is 1190. The zero-order valence-electron chi connectivity index (χ0n) is 16.8. The number of anilines is 2. The molecule has 0 fully saturated rings. The molecule has 0 spiro atoms. The summed E-state index contributed by atoms with van der Waals surface area (Å²) in [4.78, 5) is 24.8. The summed E-state index contributed by atoms with van der Waals surface area (Å²) in [5.74, 6) is -1.28. The minimum absolute atomic E-state index is 0.00612. The predicted molar refractivity (Wildman–Crippen MR) is 112 cm³/mol. The first kappa shape index (κ1) is 20.9. The van der Waals surface area contributed by atoms with Crippen LogP contribution in [0.2, 0.25) is 0 Å². The van der Waals surface area contributed by atoms with Crippen molar-refractivity contribution in [1.82, 2.24) is 4.57 Å². The maximum Gasteiger partial charge on any atom is 0.256 e. The lowest BCUT2D eigenvalue weighted by Crippen LogP contribution is -2.25. The molecule has 3 aromatic rings. The number of pyridine rings is 1. The number of phenols is 1. The van der Waals surface area contributed by atoms with Gasteiger partial charge in [0, 0.05) is 18.7 Å². The van der Waals surface area contributed by atoms with E-state index in [2.05, 4.69) is 5.32 Å². The van der Waals surface area contributed by atoms with Crippen LogP contribution in [0.4, 0.5) is 15.9 Å². The molecule has 1 aromatic heterocycles. The molecule has 0 saturated carbocycles. The van der Waals surface area contributed by atoms with Crippen molar-refractivity contribution in [3.05, 3.63) is 75.3 Å². The lowest BCUT2D eigenvalue weighted by Gasteiger charge is -2.19. The second-order valence-electron chi connectivity index (χ2n) is 6.79. The summed E-state index contributed by atoms with van der Waals surface area (Å²) < 4.78 is 21.4. The molecule has 0 atom stereocenters. The van der Waals surface area contributed by atoms with E-state index in [4.69, 9.17) is 10.5 Å². The highest BCUT2D eigenvalue weighted by Gasteiger charge is 2.22. The number of amides is 1. The number of nitrogens with one attached hydrogen (secondary N) is 1. The topological polar surface area (TPSA) is 107 Å². The van der Waals surface area contributed by atoms with E-state index in [1.807, 2.05) is 6.92 Å². The van der Waals surface area contributed by atoms with Crippen LogP contribution < -0.4 is 21.3 Å². The van der Waals surface area contributed by atoms with Crippen LogP contribution in [0.3, 0.4) is 0 Å². The first-order valence-electron chi connectivity index (χ1n) is 9.28. The van der Waals surface area contributed by atoms with E-state index in [9.17, 15) is 19.1 Å². The van der Waals surface area contributed by atoms with Crippen LogP contribution in [0, 0.1) is 12.7 Å². The molecule has 0 aliphatic carbocycles. The van der Waals surface area contributed by atoms with Crippen molar-refractivity contribution < 1.29 is 19.0 Å². The maximum atomic E-state index is 14.5. The number of primary amides is 1. The number of aromatic nitrogens is 1. The van der Waals surface area contributed by atoms with Crippen LogP contribution in [0.5, 0.6) is 17.2 Å². The van der Waals surface area contributed by atoms with E-state index >= 15 is 0 Å². The Morgan fingerprint density at radius 3 is 2.60 bits per heavy atom. The number of nitrogens with two attached hydrogens (primary N) is 1. The number of ether oxygens (including phenoxy) is 1. The second kappa shape index (κ2) is 8.28. The first-order valence-corrected chi connectivity index (χ1v) is 9.28. The summed E-state index contributed by atoms with van der Waals surface area (Å²) in [5.41, 5.74) is 6.25. The fourth-order valence-electron chi connectivity index (χ4n) is 2.98. The Labute approximate surface area is 172 Å². The van der Waals surface area contributed by atoms with Crippen LogP contribution in [-0.4, -0.2) is 15.6 Å². The van der Waals surface area contributed by atoms with Crippen molar-refractivity contribution >= 4 is 17.4 Å². The summed E-state index contributed by atoms with van der Waals surface area (Å²) in [6, 6.07) is 10.4. The number of carbonyl (C=O) groups is 1. The van der Waals surface area contributed by atoms with Gasteiger partial charge in [-0.05, 0) is 43.2 Å². The monoisotopic (exact) mass is 411 g/mol.